The molecule has 1 N–H and O–H groups in total. The van der Waals surface area contributed by atoms with E-state index in [0.717, 1.165) is 25.3 Å². The van der Waals surface area contributed by atoms with Crippen LogP contribution >= 0.6 is 11.6 Å². The molecule has 1 heterocycles. The fourth-order valence-corrected chi connectivity index (χ4v) is 3.81. The molecule has 0 saturated heterocycles. The van der Waals surface area contributed by atoms with Crippen molar-refractivity contribution in [3.63, 3.8) is 0 Å². The molecule has 4 heteroatoms. The van der Waals surface area contributed by atoms with Crippen LogP contribution in [0.25, 0.3) is 10.9 Å². The molecule has 0 fully saturated rings. The second-order valence-electron chi connectivity index (χ2n) is 7.16. The normalized spacial score (nSPS) is 11.1. The lowest BCUT2D eigenvalue weighted by Crippen LogP contribution is -2.18. The molecule has 4 aromatic rings. The summed E-state index contributed by atoms with van der Waals surface area (Å²) in [5.41, 5.74) is 5.06. The predicted molar refractivity (Wildman–Crippen MR) is 121 cm³/mol. The van der Waals surface area contributed by atoms with Crippen molar-refractivity contribution in [3.05, 3.63) is 101 Å². The lowest BCUT2D eigenvalue weighted by Gasteiger charge is -2.11. The molecule has 3 nitrogen and oxygen atoms in total. The van der Waals surface area contributed by atoms with Crippen molar-refractivity contribution >= 4 is 22.5 Å². The third-order valence-electron chi connectivity index (χ3n) is 5.27. The molecule has 0 saturated carbocycles. The van der Waals surface area contributed by atoms with Crippen LogP contribution in [0, 0.1) is 0 Å². The van der Waals surface area contributed by atoms with Gasteiger partial charge >= 0.3 is 0 Å². The predicted octanol–water partition coefficient (Wildman–Crippen LogP) is 5.74. The molecule has 148 valence electrons. The number of para-hydroxylation sites is 1. The fourth-order valence-electron chi connectivity index (χ4n) is 3.68. The third kappa shape index (κ3) is 4.64. The minimum atomic E-state index is 0.516. The van der Waals surface area contributed by atoms with Gasteiger partial charge in [-0.25, -0.2) is 0 Å². The highest BCUT2D eigenvalue weighted by molar-refractivity contribution is 6.30. The van der Waals surface area contributed by atoms with Crippen LogP contribution in [0.1, 0.15) is 16.8 Å². The maximum atomic E-state index is 6.07. The van der Waals surface area contributed by atoms with Gasteiger partial charge in [0.2, 0.25) is 0 Å². The van der Waals surface area contributed by atoms with Crippen molar-refractivity contribution in [1.82, 2.24) is 9.88 Å². The van der Waals surface area contributed by atoms with E-state index in [1.165, 1.54) is 27.7 Å². The van der Waals surface area contributed by atoms with Gasteiger partial charge in [-0.2, -0.15) is 0 Å². The summed E-state index contributed by atoms with van der Waals surface area (Å²) in [5.74, 6) is 0.822. The molecule has 29 heavy (non-hydrogen) atoms. The highest BCUT2D eigenvalue weighted by atomic mass is 35.5. The minimum Gasteiger partial charge on any atom is -0.487 e. The number of nitrogens with one attached hydrogen (secondary N) is 1. The Hall–Kier alpha value is -2.75. The van der Waals surface area contributed by atoms with Crippen LogP contribution in [-0.4, -0.2) is 11.1 Å². The van der Waals surface area contributed by atoms with Crippen molar-refractivity contribution in [2.45, 2.75) is 19.6 Å². The summed E-state index contributed by atoms with van der Waals surface area (Å²) in [7, 11) is 2.11. The Balaban J connectivity index is 1.50. The number of hydrogen-bond donors (Lipinski definition) is 1. The molecule has 0 aliphatic heterocycles. The smallest absolute Gasteiger partial charge is 0.129 e. The van der Waals surface area contributed by atoms with Gasteiger partial charge in [-0.15, -0.1) is 0 Å². The average molecular weight is 405 g/mol. The van der Waals surface area contributed by atoms with E-state index in [9.17, 15) is 0 Å². The zero-order chi connectivity index (χ0) is 20.1. The molecule has 0 aliphatic rings. The summed E-state index contributed by atoms with van der Waals surface area (Å²) in [4.78, 5) is 0. The third-order valence-corrected chi connectivity index (χ3v) is 5.52. The number of aromatic nitrogens is 1. The average Bonchev–Trinajstić information content (AvgIpc) is 3.03. The number of hydrogen-bond acceptors (Lipinski definition) is 2. The van der Waals surface area contributed by atoms with Crippen LogP contribution in [-0.2, 0) is 26.6 Å². The Morgan fingerprint density at radius 1 is 0.897 bits per heavy atom. The first-order chi connectivity index (χ1) is 14.2. The van der Waals surface area contributed by atoms with E-state index in [2.05, 4.69) is 71.5 Å². The van der Waals surface area contributed by atoms with Crippen LogP contribution in [0.2, 0.25) is 5.02 Å². The zero-order valence-corrected chi connectivity index (χ0v) is 17.3. The van der Waals surface area contributed by atoms with Crippen LogP contribution < -0.4 is 10.1 Å². The van der Waals surface area contributed by atoms with Gasteiger partial charge in [-0.3, -0.25) is 0 Å². The number of benzene rings is 3. The van der Waals surface area contributed by atoms with E-state index in [4.69, 9.17) is 16.3 Å². The molecule has 0 bridgehead atoms. The molecule has 0 atom stereocenters. The number of fused-ring (bicyclic) bond motifs is 1. The molecule has 0 aliphatic carbocycles. The van der Waals surface area contributed by atoms with Gasteiger partial charge in [0.25, 0.3) is 0 Å². The van der Waals surface area contributed by atoms with Crippen molar-refractivity contribution in [1.29, 1.82) is 0 Å². The molecule has 3 aromatic carbocycles. The molecule has 4 rings (SSSR count). The van der Waals surface area contributed by atoms with Gasteiger partial charge in [0.1, 0.15) is 12.4 Å². The van der Waals surface area contributed by atoms with Crippen molar-refractivity contribution in [3.8, 4) is 5.75 Å². The van der Waals surface area contributed by atoms with Gasteiger partial charge in [0.15, 0.2) is 0 Å². The molecule has 0 radical (unpaired) electrons. The van der Waals surface area contributed by atoms with Crippen LogP contribution in [0.3, 0.4) is 0 Å². The van der Waals surface area contributed by atoms with Gasteiger partial charge in [0.05, 0.1) is 5.69 Å². The second-order valence-corrected chi connectivity index (χ2v) is 7.59. The van der Waals surface area contributed by atoms with E-state index in [1.807, 2.05) is 24.3 Å². The second kappa shape index (κ2) is 9.17. The first-order valence-electron chi connectivity index (χ1n) is 9.90. The maximum Gasteiger partial charge on any atom is 0.129 e. The molecule has 1 aromatic heterocycles. The topological polar surface area (TPSA) is 26.2 Å². The van der Waals surface area contributed by atoms with Crippen LogP contribution in [0.4, 0.5) is 0 Å². The minimum absolute atomic E-state index is 0.516. The van der Waals surface area contributed by atoms with E-state index in [-0.39, 0.29) is 0 Å². The fraction of sp³-hybridized carbons (Fsp3) is 0.200. The molecular weight excluding hydrogens is 380 g/mol. The molecule has 0 unspecified atom stereocenters. The Morgan fingerprint density at radius 3 is 2.41 bits per heavy atom. The van der Waals surface area contributed by atoms with Crippen molar-refractivity contribution in [2.75, 3.05) is 6.54 Å². The van der Waals surface area contributed by atoms with Gasteiger partial charge in [0, 0.05) is 29.5 Å². The highest BCUT2D eigenvalue weighted by Crippen LogP contribution is 2.27. The molecule has 0 amide bonds. The SMILES string of the molecule is Cn1c(COc2ccc(Cl)cc2)c(CNCCc2ccccc2)c2ccccc21. The zero-order valence-electron chi connectivity index (χ0n) is 16.6. The monoisotopic (exact) mass is 404 g/mol. The largest absolute Gasteiger partial charge is 0.487 e. The summed E-state index contributed by atoms with van der Waals surface area (Å²) >= 11 is 5.98. The molecular formula is C25H25ClN2O. The number of halogens is 1. The summed E-state index contributed by atoms with van der Waals surface area (Å²) in [6, 6.07) is 26.6. The highest BCUT2D eigenvalue weighted by Gasteiger charge is 2.15. The van der Waals surface area contributed by atoms with Crippen LogP contribution in [0.15, 0.2) is 78.9 Å². The van der Waals surface area contributed by atoms with Gasteiger partial charge in [-0.1, -0.05) is 60.1 Å². The Kier molecular flexibility index (Phi) is 6.18. The lowest BCUT2D eigenvalue weighted by atomic mass is 10.1. The van der Waals surface area contributed by atoms with E-state index >= 15 is 0 Å². The molecule has 0 spiro atoms. The van der Waals surface area contributed by atoms with E-state index in [1.54, 1.807) is 0 Å². The standard InChI is InChI=1S/C25H25ClN2O/c1-28-24-10-6-5-9-22(24)23(17-27-16-15-19-7-3-2-4-8-19)25(28)18-29-21-13-11-20(26)12-14-21/h2-14,27H,15-18H2,1H3. The van der Waals surface area contributed by atoms with E-state index < -0.39 is 0 Å². The lowest BCUT2D eigenvalue weighted by molar-refractivity contribution is 0.296. The first-order valence-corrected chi connectivity index (χ1v) is 10.3. The Labute approximate surface area is 176 Å². The summed E-state index contributed by atoms with van der Waals surface area (Å²) < 4.78 is 8.30. The van der Waals surface area contributed by atoms with Crippen LogP contribution in [0.5, 0.6) is 5.75 Å². The Bertz CT molecular complexity index is 1070. The maximum absolute atomic E-state index is 6.07. The number of ether oxygens (including phenoxy) is 1. The number of aryl methyl sites for hydroxylation is 1. The number of rotatable bonds is 8. The quantitative estimate of drug-likeness (QED) is 0.379. The van der Waals surface area contributed by atoms with Crippen molar-refractivity contribution < 1.29 is 4.74 Å². The summed E-state index contributed by atoms with van der Waals surface area (Å²) in [6.45, 7) is 2.26. The van der Waals surface area contributed by atoms with E-state index in [0.29, 0.717) is 11.6 Å². The van der Waals surface area contributed by atoms with Crippen molar-refractivity contribution in [2.24, 2.45) is 7.05 Å². The van der Waals surface area contributed by atoms with Gasteiger partial charge < -0.3 is 14.6 Å². The summed E-state index contributed by atoms with van der Waals surface area (Å²) in [5, 5.41) is 5.60. The number of nitrogens with zero attached hydrogens (tertiary/aromatic N) is 1. The first kappa shape index (κ1) is 19.6. The Morgan fingerprint density at radius 2 is 1.62 bits per heavy atom. The summed E-state index contributed by atoms with van der Waals surface area (Å²) in [6.07, 6.45) is 1.02. The van der Waals surface area contributed by atoms with Gasteiger partial charge in [-0.05, 0) is 54.4 Å².